The number of nitrogens with two attached hydrogens (primary N) is 1. The molecule has 52 heavy (non-hydrogen) atoms. The first-order valence-corrected chi connectivity index (χ1v) is 18.3. The Bertz CT molecular complexity index is 1260. The Balaban J connectivity index is 2.60. The highest BCUT2D eigenvalue weighted by Gasteiger charge is 2.29. The van der Waals surface area contributed by atoms with Crippen LogP contribution in [0, 0.1) is 23.2 Å². The quantitative estimate of drug-likeness (QED) is 0.0681. The van der Waals surface area contributed by atoms with Gasteiger partial charge in [0.1, 0.15) is 6.61 Å². The van der Waals surface area contributed by atoms with Gasteiger partial charge in [0.15, 0.2) is 5.78 Å². The fourth-order valence-electron chi connectivity index (χ4n) is 4.92. The number of ether oxygens (including phenoxy) is 3. The Labute approximate surface area is 309 Å². The van der Waals surface area contributed by atoms with E-state index in [1.54, 1.807) is 45.0 Å². The van der Waals surface area contributed by atoms with Crippen LogP contribution >= 0.6 is 0 Å². The van der Waals surface area contributed by atoms with E-state index >= 15 is 0 Å². The number of ketones is 1. The van der Waals surface area contributed by atoms with Gasteiger partial charge < -0.3 is 41.2 Å². The second-order valence-electron chi connectivity index (χ2n) is 14.7. The van der Waals surface area contributed by atoms with E-state index < -0.39 is 23.4 Å². The number of nitrogens with one attached hydrogen (secondary N) is 4. The van der Waals surface area contributed by atoms with Crippen molar-refractivity contribution >= 4 is 41.2 Å². The summed E-state index contributed by atoms with van der Waals surface area (Å²) in [6.07, 6.45) is 3.00. The topological polar surface area (TPSA) is 204 Å². The molecule has 0 unspecified atom stereocenters. The first-order chi connectivity index (χ1) is 24.5. The number of hydrogen-bond acceptors (Lipinski definition) is 9. The Morgan fingerprint density at radius 2 is 1.42 bits per heavy atom. The van der Waals surface area contributed by atoms with Gasteiger partial charge in [-0.05, 0) is 69.6 Å². The second-order valence-corrected chi connectivity index (χ2v) is 14.7. The van der Waals surface area contributed by atoms with Crippen molar-refractivity contribution in [3.05, 3.63) is 29.8 Å². The lowest BCUT2D eigenvalue weighted by Gasteiger charge is -2.24. The Morgan fingerprint density at radius 3 is 2.02 bits per heavy atom. The van der Waals surface area contributed by atoms with Crippen LogP contribution in [0.15, 0.2) is 24.3 Å². The summed E-state index contributed by atoms with van der Waals surface area (Å²) in [7, 11) is 0. The molecular formula is C38H63N5O9. The first kappa shape index (κ1) is 46.0. The minimum atomic E-state index is -0.814. The fourth-order valence-corrected chi connectivity index (χ4v) is 4.92. The van der Waals surface area contributed by atoms with E-state index in [4.69, 9.17) is 19.9 Å². The van der Waals surface area contributed by atoms with Crippen molar-refractivity contribution in [3.8, 4) is 0 Å². The van der Waals surface area contributed by atoms with Crippen molar-refractivity contribution < 1.29 is 43.0 Å². The molecule has 0 aliphatic carbocycles. The highest BCUT2D eigenvalue weighted by molar-refractivity contribution is 5.97. The summed E-state index contributed by atoms with van der Waals surface area (Å²) in [5.41, 5.74) is 5.80. The van der Waals surface area contributed by atoms with Gasteiger partial charge in [0.25, 0.3) is 0 Å². The van der Waals surface area contributed by atoms with E-state index in [-0.39, 0.29) is 81.0 Å². The summed E-state index contributed by atoms with van der Waals surface area (Å²) in [4.78, 5) is 74.7. The van der Waals surface area contributed by atoms with E-state index in [0.29, 0.717) is 44.2 Å². The van der Waals surface area contributed by atoms with Gasteiger partial charge in [0, 0.05) is 44.0 Å². The van der Waals surface area contributed by atoms with Gasteiger partial charge in [-0.15, -0.1) is 0 Å². The zero-order chi connectivity index (χ0) is 39.1. The molecule has 0 aliphatic rings. The Morgan fingerprint density at radius 1 is 0.769 bits per heavy atom. The number of urea groups is 1. The Kier molecular flexibility index (Phi) is 22.1. The standard InChI is InChI=1S/C38H63N5O9/c1-26(2)10-8-12-32(45)40-19-21-51-23-22-50-20-17-33(46)43-34(27(3)4)31(44)24-29(11-9-18-41-37(39)49)35(47)42-30-15-13-28(14-16-30)25-52-36(48)38(5,6)7/h13-16,26-27,29,34H,8-12,17-25H2,1-7H3,(H,40,45)(H,42,47)(H,43,46)(H3,39,41,49)/t29-,34+/m1/s1. The predicted octanol–water partition coefficient (Wildman–Crippen LogP) is 4.24. The molecule has 1 aromatic rings. The van der Waals surface area contributed by atoms with Crippen LogP contribution in [0.4, 0.5) is 10.5 Å². The first-order valence-electron chi connectivity index (χ1n) is 18.3. The SMILES string of the molecule is CC(C)CCCC(=O)NCCOCCOCCC(=O)N[C@H](C(=O)C[C@@H](CCCNC(N)=O)C(=O)Nc1ccc(COC(=O)C(C)(C)C)cc1)C(C)C. The molecule has 5 amide bonds. The summed E-state index contributed by atoms with van der Waals surface area (Å²) in [6, 6.07) is 5.35. The van der Waals surface area contributed by atoms with Crippen molar-refractivity contribution in [2.24, 2.45) is 28.9 Å². The number of primary amides is 1. The molecule has 0 fully saturated rings. The van der Waals surface area contributed by atoms with Gasteiger partial charge in [0.05, 0.1) is 37.9 Å². The third kappa shape index (κ3) is 21.4. The normalized spacial score (nSPS) is 12.6. The number of benzene rings is 1. The maximum atomic E-state index is 13.5. The van der Waals surface area contributed by atoms with Crippen LogP contribution in [0.5, 0.6) is 0 Å². The van der Waals surface area contributed by atoms with Gasteiger partial charge >= 0.3 is 12.0 Å². The van der Waals surface area contributed by atoms with Gasteiger partial charge in [-0.2, -0.15) is 0 Å². The van der Waals surface area contributed by atoms with Crippen LogP contribution < -0.4 is 27.0 Å². The molecule has 6 N–H and O–H groups in total. The summed E-state index contributed by atoms with van der Waals surface area (Å²) < 4.78 is 16.3. The summed E-state index contributed by atoms with van der Waals surface area (Å²) in [5, 5.41) is 11.0. The molecule has 14 heteroatoms. The van der Waals surface area contributed by atoms with Crippen LogP contribution in [0.2, 0.25) is 0 Å². The lowest BCUT2D eigenvalue weighted by molar-refractivity contribution is -0.154. The molecule has 1 rings (SSSR count). The molecule has 0 spiro atoms. The number of esters is 1. The van der Waals surface area contributed by atoms with Crippen LogP contribution in [0.3, 0.4) is 0 Å². The smallest absolute Gasteiger partial charge is 0.312 e. The average molecular weight is 734 g/mol. The lowest BCUT2D eigenvalue weighted by Crippen LogP contribution is -2.45. The number of rotatable bonds is 26. The van der Waals surface area contributed by atoms with E-state index in [9.17, 15) is 28.8 Å². The van der Waals surface area contributed by atoms with Crippen LogP contribution in [0.1, 0.15) is 99.0 Å². The summed E-state index contributed by atoms with van der Waals surface area (Å²) in [6.45, 7) is 15.0. The molecule has 294 valence electrons. The van der Waals surface area contributed by atoms with Crippen molar-refractivity contribution in [2.75, 3.05) is 44.8 Å². The number of carbonyl (C=O) groups excluding carboxylic acids is 6. The van der Waals surface area contributed by atoms with E-state index in [2.05, 4.69) is 35.1 Å². The van der Waals surface area contributed by atoms with E-state index in [1.807, 2.05) is 13.8 Å². The minimum absolute atomic E-state index is 0.0153. The minimum Gasteiger partial charge on any atom is -0.460 e. The molecule has 14 nitrogen and oxygen atoms in total. The molecular weight excluding hydrogens is 670 g/mol. The lowest BCUT2D eigenvalue weighted by atomic mass is 9.89. The molecule has 0 saturated heterocycles. The number of amides is 5. The predicted molar refractivity (Wildman–Crippen MR) is 199 cm³/mol. The second kappa shape index (κ2) is 25.0. The highest BCUT2D eigenvalue weighted by Crippen LogP contribution is 2.21. The molecule has 0 aliphatic heterocycles. The number of carbonyl (C=O) groups is 6. The van der Waals surface area contributed by atoms with Crippen LogP contribution in [-0.2, 0) is 44.8 Å². The summed E-state index contributed by atoms with van der Waals surface area (Å²) in [5.74, 6) is -1.73. The third-order valence-electron chi connectivity index (χ3n) is 7.98. The molecule has 0 saturated carbocycles. The molecule has 0 bridgehead atoms. The zero-order valence-electron chi connectivity index (χ0n) is 32.3. The maximum absolute atomic E-state index is 13.5. The van der Waals surface area contributed by atoms with Crippen molar-refractivity contribution in [2.45, 2.75) is 106 Å². The van der Waals surface area contributed by atoms with Crippen molar-refractivity contribution in [1.82, 2.24) is 16.0 Å². The van der Waals surface area contributed by atoms with Crippen LogP contribution in [-0.4, -0.2) is 81.1 Å². The fraction of sp³-hybridized carbons (Fsp3) is 0.684. The molecule has 0 heterocycles. The Hall–Kier alpha value is -4.04. The highest BCUT2D eigenvalue weighted by atomic mass is 16.5. The van der Waals surface area contributed by atoms with Gasteiger partial charge in [-0.25, -0.2) is 4.79 Å². The van der Waals surface area contributed by atoms with E-state index in [0.717, 1.165) is 18.4 Å². The number of anilines is 1. The number of Topliss-reactive ketones (excluding diaryl/α,β-unsaturated/α-hetero) is 1. The van der Waals surface area contributed by atoms with Gasteiger partial charge in [-0.3, -0.25) is 24.0 Å². The van der Waals surface area contributed by atoms with Crippen molar-refractivity contribution in [3.63, 3.8) is 0 Å². The zero-order valence-corrected chi connectivity index (χ0v) is 32.3. The van der Waals surface area contributed by atoms with Gasteiger partial charge in [-0.1, -0.05) is 46.2 Å². The van der Waals surface area contributed by atoms with E-state index in [1.165, 1.54) is 0 Å². The molecule has 0 aromatic heterocycles. The average Bonchev–Trinajstić information content (AvgIpc) is 3.06. The monoisotopic (exact) mass is 733 g/mol. The van der Waals surface area contributed by atoms with Crippen LogP contribution in [0.25, 0.3) is 0 Å². The maximum Gasteiger partial charge on any atom is 0.312 e. The van der Waals surface area contributed by atoms with Crippen molar-refractivity contribution in [1.29, 1.82) is 0 Å². The molecule has 0 radical (unpaired) electrons. The molecule has 2 atom stereocenters. The third-order valence-corrected chi connectivity index (χ3v) is 7.98. The largest absolute Gasteiger partial charge is 0.460 e. The molecule has 1 aromatic carbocycles. The van der Waals surface area contributed by atoms with Gasteiger partial charge in [0.2, 0.25) is 17.7 Å². The number of hydrogen-bond donors (Lipinski definition) is 5. The summed E-state index contributed by atoms with van der Waals surface area (Å²) >= 11 is 0.